The average Bonchev–Trinajstić information content (AvgIpc) is 2.83. The van der Waals surface area contributed by atoms with Gasteiger partial charge in [-0.05, 0) is 20.8 Å². The number of aryl methyl sites for hydroxylation is 1. The van der Waals surface area contributed by atoms with E-state index in [-0.39, 0.29) is 6.10 Å². The van der Waals surface area contributed by atoms with Crippen LogP contribution in [0.2, 0.25) is 0 Å². The van der Waals surface area contributed by atoms with Gasteiger partial charge < -0.3 is 9.26 Å². The molecule has 0 aliphatic rings. The monoisotopic (exact) mass is 238 g/mol. The van der Waals surface area contributed by atoms with Gasteiger partial charge in [0.25, 0.3) is 0 Å². The topological polar surface area (TPSA) is 48.2 Å². The maximum atomic E-state index is 5.48. The van der Waals surface area contributed by atoms with E-state index in [9.17, 15) is 0 Å². The lowest BCUT2D eigenvalue weighted by Gasteiger charge is -2.03. The van der Waals surface area contributed by atoms with Crippen molar-refractivity contribution in [2.45, 2.75) is 33.5 Å². The number of aromatic nitrogens is 2. The summed E-state index contributed by atoms with van der Waals surface area (Å²) in [7, 11) is 0. The van der Waals surface area contributed by atoms with Gasteiger partial charge in [-0.2, -0.15) is 0 Å². The molecule has 0 saturated heterocycles. The van der Waals surface area contributed by atoms with E-state index in [4.69, 9.17) is 9.26 Å². The first-order valence-corrected chi connectivity index (χ1v) is 6.03. The maximum Gasteiger partial charge on any atom is 0.186 e. The first-order valence-electron chi connectivity index (χ1n) is 5.15. The van der Waals surface area contributed by atoms with Crippen molar-refractivity contribution in [3.63, 3.8) is 0 Å². The summed E-state index contributed by atoms with van der Waals surface area (Å²) >= 11 is 1.57. The molecule has 0 atom stereocenters. The molecule has 2 aromatic rings. The molecule has 2 heterocycles. The molecule has 5 heteroatoms. The highest BCUT2D eigenvalue weighted by atomic mass is 32.1. The second-order valence-electron chi connectivity index (χ2n) is 3.82. The molecule has 0 unspecified atom stereocenters. The first kappa shape index (κ1) is 11.3. The molecule has 0 aliphatic heterocycles. The van der Waals surface area contributed by atoms with E-state index in [2.05, 4.69) is 10.1 Å². The Morgan fingerprint density at radius 3 is 2.94 bits per heavy atom. The van der Waals surface area contributed by atoms with Crippen molar-refractivity contribution < 1.29 is 9.26 Å². The minimum absolute atomic E-state index is 0.222. The van der Waals surface area contributed by atoms with Crippen molar-refractivity contribution in [3.8, 4) is 11.5 Å². The summed E-state index contributed by atoms with van der Waals surface area (Å²) in [4.78, 5) is 4.43. The Hall–Kier alpha value is -1.20. The highest BCUT2D eigenvalue weighted by Gasteiger charge is 2.09. The SMILES string of the molecule is Cc1cc(-c2csc(COC(C)C)n2)on1. The van der Waals surface area contributed by atoms with Crippen molar-refractivity contribution in [1.29, 1.82) is 0 Å². The molecule has 2 aromatic heterocycles. The van der Waals surface area contributed by atoms with Crippen LogP contribution in [0.3, 0.4) is 0 Å². The molecule has 0 radical (unpaired) electrons. The second-order valence-corrected chi connectivity index (χ2v) is 4.76. The predicted molar refractivity (Wildman–Crippen MR) is 62.3 cm³/mol. The Labute approximate surface area is 98.3 Å². The normalized spacial score (nSPS) is 11.2. The van der Waals surface area contributed by atoms with E-state index >= 15 is 0 Å². The lowest BCUT2D eigenvalue weighted by Crippen LogP contribution is -2.01. The van der Waals surface area contributed by atoms with E-state index in [0.717, 1.165) is 16.4 Å². The third-order valence-corrected chi connectivity index (χ3v) is 2.79. The number of hydrogen-bond acceptors (Lipinski definition) is 5. The van der Waals surface area contributed by atoms with E-state index in [1.54, 1.807) is 11.3 Å². The first-order chi connectivity index (χ1) is 7.65. The molecular formula is C11H14N2O2S. The van der Waals surface area contributed by atoms with Gasteiger partial charge in [-0.25, -0.2) is 4.98 Å². The second kappa shape index (κ2) is 4.76. The number of rotatable bonds is 4. The van der Waals surface area contributed by atoms with Crippen molar-refractivity contribution in [3.05, 3.63) is 22.1 Å². The van der Waals surface area contributed by atoms with Crippen LogP contribution in [-0.2, 0) is 11.3 Å². The van der Waals surface area contributed by atoms with E-state index < -0.39 is 0 Å². The fraction of sp³-hybridized carbons (Fsp3) is 0.455. The molecule has 16 heavy (non-hydrogen) atoms. The Balaban J connectivity index is 2.07. The molecule has 0 fully saturated rings. The van der Waals surface area contributed by atoms with Gasteiger partial charge in [0.05, 0.1) is 18.4 Å². The molecule has 0 aromatic carbocycles. The van der Waals surface area contributed by atoms with Crippen LogP contribution in [0.15, 0.2) is 16.0 Å². The van der Waals surface area contributed by atoms with Crippen molar-refractivity contribution in [2.75, 3.05) is 0 Å². The molecule has 2 rings (SSSR count). The third kappa shape index (κ3) is 2.68. The minimum atomic E-state index is 0.222. The van der Waals surface area contributed by atoms with Gasteiger partial charge in [0.1, 0.15) is 10.7 Å². The number of thiazole rings is 1. The molecule has 86 valence electrons. The molecule has 0 amide bonds. The van der Waals surface area contributed by atoms with Crippen LogP contribution >= 0.6 is 11.3 Å². The van der Waals surface area contributed by atoms with Crippen LogP contribution < -0.4 is 0 Å². The van der Waals surface area contributed by atoms with Crippen LogP contribution in [0.25, 0.3) is 11.5 Å². The zero-order valence-electron chi connectivity index (χ0n) is 9.56. The fourth-order valence-corrected chi connectivity index (χ4v) is 1.92. The lowest BCUT2D eigenvalue weighted by molar-refractivity contribution is 0.0656. The number of ether oxygens (including phenoxy) is 1. The fourth-order valence-electron chi connectivity index (χ4n) is 1.21. The summed E-state index contributed by atoms with van der Waals surface area (Å²) in [5.41, 5.74) is 1.69. The van der Waals surface area contributed by atoms with Crippen LogP contribution in [0.1, 0.15) is 24.5 Å². The third-order valence-electron chi connectivity index (χ3n) is 1.97. The summed E-state index contributed by atoms with van der Waals surface area (Å²) in [6, 6.07) is 1.88. The van der Waals surface area contributed by atoms with Crippen molar-refractivity contribution >= 4 is 11.3 Å². The van der Waals surface area contributed by atoms with E-state index in [1.807, 2.05) is 32.2 Å². The van der Waals surface area contributed by atoms with Crippen LogP contribution in [-0.4, -0.2) is 16.2 Å². The Morgan fingerprint density at radius 2 is 2.31 bits per heavy atom. The van der Waals surface area contributed by atoms with Gasteiger partial charge in [-0.1, -0.05) is 5.16 Å². The average molecular weight is 238 g/mol. The Kier molecular flexibility index (Phi) is 3.36. The molecule has 4 nitrogen and oxygen atoms in total. The van der Waals surface area contributed by atoms with Crippen LogP contribution in [0.4, 0.5) is 0 Å². The van der Waals surface area contributed by atoms with Crippen molar-refractivity contribution in [1.82, 2.24) is 10.1 Å². The number of hydrogen-bond donors (Lipinski definition) is 0. The highest BCUT2D eigenvalue weighted by molar-refractivity contribution is 7.09. The zero-order chi connectivity index (χ0) is 11.5. The standard InChI is InChI=1S/C11H14N2O2S/c1-7(2)14-5-11-12-9(6-16-11)10-4-8(3)13-15-10/h4,6-7H,5H2,1-3H3. The molecular weight excluding hydrogens is 224 g/mol. The minimum Gasteiger partial charge on any atom is -0.372 e. The molecule has 0 N–H and O–H groups in total. The van der Waals surface area contributed by atoms with Gasteiger partial charge >= 0.3 is 0 Å². The lowest BCUT2D eigenvalue weighted by atomic mass is 10.3. The zero-order valence-corrected chi connectivity index (χ0v) is 10.4. The van der Waals surface area contributed by atoms with Gasteiger partial charge in [0.15, 0.2) is 5.76 Å². The quantitative estimate of drug-likeness (QED) is 0.821. The van der Waals surface area contributed by atoms with Gasteiger partial charge in [-0.3, -0.25) is 0 Å². The van der Waals surface area contributed by atoms with Gasteiger partial charge in [0, 0.05) is 11.4 Å². The van der Waals surface area contributed by atoms with Gasteiger partial charge in [-0.15, -0.1) is 11.3 Å². The smallest absolute Gasteiger partial charge is 0.186 e. The van der Waals surface area contributed by atoms with Gasteiger partial charge in [0.2, 0.25) is 0 Å². The predicted octanol–water partition coefficient (Wildman–Crippen LogP) is 3.03. The number of nitrogens with zero attached hydrogens (tertiary/aromatic N) is 2. The maximum absolute atomic E-state index is 5.48. The summed E-state index contributed by atoms with van der Waals surface area (Å²) in [6.07, 6.45) is 0.222. The van der Waals surface area contributed by atoms with Crippen LogP contribution in [0.5, 0.6) is 0 Å². The Morgan fingerprint density at radius 1 is 1.50 bits per heavy atom. The summed E-state index contributed by atoms with van der Waals surface area (Å²) in [5.74, 6) is 0.713. The largest absolute Gasteiger partial charge is 0.372 e. The molecule has 0 aliphatic carbocycles. The molecule has 0 bridgehead atoms. The highest BCUT2D eigenvalue weighted by Crippen LogP contribution is 2.22. The van der Waals surface area contributed by atoms with Crippen molar-refractivity contribution in [2.24, 2.45) is 0 Å². The van der Waals surface area contributed by atoms with E-state index in [0.29, 0.717) is 12.4 Å². The Bertz CT molecular complexity index is 462. The van der Waals surface area contributed by atoms with Crippen LogP contribution in [0, 0.1) is 6.92 Å². The molecule has 0 saturated carbocycles. The summed E-state index contributed by atoms with van der Waals surface area (Å²) in [6.45, 7) is 6.46. The summed E-state index contributed by atoms with van der Waals surface area (Å²) in [5, 5.41) is 6.75. The summed E-state index contributed by atoms with van der Waals surface area (Å²) < 4.78 is 10.6. The van der Waals surface area contributed by atoms with E-state index in [1.165, 1.54) is 0 Å². The molecule has 0 spiro atoms.